The first-order valence-electron chi connectivity index (χ1n) is 10.4. The Labute approximate surface area is 158 Å². The highest BCUT2D eigenvalue weighted by atomic mass is 16.2. The van der Waals surface area contributed by atoms with E-state index in [1.54, 1.807) is 0 Å². The van der Waals surface area contributed by atoms with E-state index in [0.717, 1.165) is 25.7 Å². The second-order valence-electron chi connectivity index (χ2n) is 8.61. The van der Waals surface area contributed by atoms with Crippen LogP contribution in [0.15, 0.2) is 15.7 Å². The fraction of sp³-hybridized carbons (Fsp3) is 0.750. The number of carbonyl (C=O) groups is 1. The molecular formula is C20H30N4O3. The van der Waals surface area contributed by atoms with Gasteiger partial charge in [-0.05, 0) is 44.4 Å². The highest BCUT2D eigenvalue weighted by Crippen LogP contribution is 2.35. The van der Waals surface area contributed by atoms with Crippen molar-refractivity contribution in [3.63, 3.8) is 0 Å². The van der Waals surface area contributed by atoms with Gasteiger partial charge in [0, 0.05) is 42.9 Å². The molecule has 1 unspecified atom stereocenters. The molecule has 4 rings (SSSR count). The number of hydrogen-bond donors (Lipinski definition) is 3. The van der Waals surface area contributed by atoms with E-state index in [1.165, 1.54) is 38.2 Å². The van der Waals surface area contributed by atoms with Crippen LogP contribution in [0.3, 0.4) is 0 Å². The average molecular weight is 374 g/mol. The number of fused-ring (bicyclic) bond motifs is 2. The molecule has 1 aromatic heterocycles. The zero-order chi connectivity index (χ0) is 18.8. The van der Waals surface area contributed by atoms with Crippen LogP contribution >= 0.6 is 0 Å². The maximum atomic E-state index is 12.4. The maximum absolute atomic E-state index is 12.4. The quantitative estimate of drug-likeness (QED) is 0.730. The first kappa shape index (κ1) is 18.5. The first-order chi connectivity index (χ1) is 13.1. The summed E-state index contributed by atoms with van der Waals surface area (Å²) in [6.45, 7) is 0.594. The fourth-order valence-corrected chi connectivity index (χ4v) is 5.42. The van der Waals surface area contributed by atoms with Crippen molar-refractivity contribution in [3.05, 3.63) is 32.6 Å². The predicted molar refractivity (Wildman–Crippen MR) is 102 cm³/mol. The van der Waals surface area contributed by atoms with Gasteiger partial charge < -0.3 is 10.3 Å². The van der Waals surface area contributed by atoms with Crippen LogP contribution in [0.25, 0.3) is 0 Å². The van der Waals surface area contributed by atoms with Crippen molar-refractivity contribution in [3.8, 4) is 0 Å². The summed E-state index contributed by atoms with van der Waals surface area (Å²) < 4.78 is 0. The number of rotatable bonds is 5. The van der Waals surface area contributed by atoms with Crippen LogP contribution in [0.1, 0.15) is 69.9 Å². The van der Waals surface area contributed by atoms with Crippen molar-refractivity contribution < 1.29 is 4.79 Å². The molecule has 1 amide bonds. The third kappa shape index (κ3) is 4.51. The van der Waals surface area contributed by atoms with E-state index in [-0.39, 0.29) is 17.5 Å². The Morgan fingerprint density at radius 3 is 2.41 bits per heavy atom. The van der Waals surface area contributed by atoms with Gasteiger partial charge in [-0.25, -0.2) is 4.79 Å². The van der Waals surface area contributed by atoms with E-state index in [4.69, 9.17) is 0 Å². The number of amides is 1. The van der Waals surface area contributed by atoms with Crippen LogP contribution < -0.4 is 16.6 Å². The smallest absolute Gasteiger partial charge is 0.325 e. The number of piperidine rings is 2. The molecule has 148 valence electrons. The molecule has 0 radical (unpaired) electrons. The molecule has 27 heavy (non-hydrogen) atoms. The normalized spacial score (nSPS) is 29.0. The third-order valence-corrected chi connectivity index (χ3v) is 6.61. The number of aromatic amines is 2. The number of H-pyrrole nitrogens is 2. The summed E-state index contributed by atoms with van der Waals surface area (Å²) in [4.78, 5) is 42.9. The molecule has 2 aliphatic heterocycles. The molecule has 1 aromatic rings. The molecule has 3 heterocycles. The molecule has 1 saturated carbocycles. The number of aromatic nitrogens is 2. The second kappa shape index (κ2) is 8.00. The lowest BCUT2D eigenvalue weighted by Crippen LogP contribution is -2.56. The Morgan fingerprint density at radius 1 is 1.04 bits per heavy atom. The lowest BCUT2D eigenvalue weighted by Gasteiger charge is -2.49. The molecule has 0 aromatic carbocycles. The van der Waals surface area contributed by atoms with E-state index < -0.39 is 5.69 Å². The van der Waals surface area contributed by atoms with Crippen LogP contribution in [-0.4, -0.2) is 38.9 Å². The van der Waals surface area contributed by atoms with E-state index in [2.05, 4.69) is 20.2 Å². The van der Waals surface area contributed by atoms with E-state index in [1.807, 2.05) is 0 Å². The van der Waals surface area contributed by atoms with Gasteiger partial charge in [-0.15, -0.1) is 0 Å². The summed E-state index contributed by atoms with van der Waals surface area (Å²) in [6, 6.07) is 2.53. The summed E-state index contributed by atoms with van der Waals surface area (Å²) in [5.74, 6) is 0.801. The average Bonchev–Trinajstić information content (AvgIpc) is 3.07. The first-order valence-corrected chi connectivity index (χ1v) is 10.4. The molecule has 7 nitrogen and oxygen atoms in total. The van der Waals surface area contributed by atoms with Gasteiger partial charge in [0.05, 0.1) is 0 Å². The van der Waals surface area contributed by atoms with Crippen LogP contribution in [-0.2, 0) is 11.3 Å². The van der Waals surface area contributed by atoms with Gasteiger partial charge in [0.25, 0.3) is 5.56 Å². The van der Waals surface area contributed by atoms with Crippen LogP contribution in [0.4, 0.5) is 0 Å². The van der Waals surface area contributed by atoms with Crippen molar-refractivity contribution in [2.75, 3.05) is 0 Å². The van der Waals surface area contributed by atoms with Gasteiger partial charge in [0.1, 0.15) is 0 Å². The Kier molecular flexibility index (Phi) is 5.48. The van der Waals surface area contributed by atoms with Crippen molar-refractivity contribution >= 4 is 5.91 Å². The van der Waals surface area contributed by atoms with Crippen molar-refractivity contribution in [1.82, 2.24) is 20.2 Å². The topological polar surface area (TPSA) is 98.1 Å². The van der Waals surface area contributed by atoms with Gasteiger partial charge in [0.15, 0.2) is 0 Å². The molecule has 3 aliphatic rings. The Bertz CT molecular complexity index is 738. The molecule has 7 heteroatoms. The number of carbonyl (C=O) groups excluding carboxylic acids is 1. The summed E-state index contributed by atoms with van der Waals surface area (Å²) in [5.41, 5.74) is -0.130. The van der Waals surface area contributed by atoms with E-state index >= 15 is 0 Å². The summed E-state index contributed by atoms with van der Waals surface area (Å²) in [7, 11) is 0. The Hall–Kier alpha value is -1.89. The maximum Gasteiger partial charge on any atom is 0.325 e. The second-order valence-corrected chi connectivity index (χ2v) is 8.61. The fourth-order valence-electron chi connectivity index (χ4n) is 5.42. The van der Waals surface area contributed by atoms with E-state index in [0.29, 0.717) is 36.7 Å². The molecule has 1 aliphatic carbocycles. The minimum absolute atomic E-state index is 0.220. The highest BCUT2D eigenvalue weighted by molar-refractivity contribution is 5.76. The van der Waals surface area contributed by atoms with Gasteiger partial charge in [-0.3, -0.25) is 19.5 Å². The zero-order valence-electron chi connectivity index (χ0n) is 15.8. The van der Waals surface area contributed by atoms with Crippen molar-refractivity contribution in [2.45, 2.75) is 88.9 Å². The Balaban J connectivity index is 1.37. The monoisotopic (exact) mass is 374 g/mol. The predicted octanol–water partition coefficient (Wildman–Crippen LogP) is 1.65. The van der Waals surface area contributed by atoms with Crippen LogP contribution in [0.5, 0.6) is 0 Å². The molecule has 2 bridgehead atoms. The molecule has 2 saturated heterocycles. The van der Waals surface area contributed by atoms with Crippen molar-refractivity contribution in [2.24, 2.45) is 5.92 Å². The van der Waals surface area contributed by atoms with Gasteiger partial charge in [0.2, 0.25) is 5.91 Å². The molecule has 0 spiro atoms. The molecule has 3 fully saturated rings. The molecule has 3 N–H and O–H groups in total. The van der Waals surface area contributed by atoms with E-state index in [9.17, 15) is 14.4 Å². The molecular weight excluding hydrogens is 344 g/mol. The largest absolute Gasteiger partial charge is 0.353 e. The number of hydrogen-bond acceptors (Lipinski definition) is 4. The van der Waals surface area contributed by atoms with Crippen LogP contribution in [0.2, 0.25) is 0 Å². The summed E-state index contributed by atoms with van der Waals surface area (Å²) >= 11 is 0. The highest BCUT2D eigenvalue weighted by Gasteiger charge is 2.38. The van der Waals surface area contributed by atoms with Crippen LogP contribution in [0, 0.1) is 5.92 Å². The lowest BCUT2D eigenvalue weighted by atomic mass is 9.81. The standard InChI is InChI=1S/C20H30N4O3/c25-18(8-13-4-1-2-5-13)21-14-9-16-6-3-7-17(10-14)24(16)12-15-11-19(26)23-20(27)22-15/h11,13-14,16-17H,1-10,12H2,(H,21,25)(H2,22,23,26,27)/t14?,16-,17+. The summed E-state index contributed by atoms with van der Waals surface area (Å²) in [5, 5.41) is 3.30. The Morgan fingerprint density at radius 2 is 1.74 bits per heavy atom. The number of nitrogens with zero attached hydrogens (tertiary/aromatic N) is 1. The minimum atomic E-state index is -0.447. The van der Waals surface area contributed by atoms with Gasteiger partial charge >= 0.3 is 5.69 Å². The van der Waals surface area contributed by atoms with Gasteiger partial charge in [-0.1, -0.05) is 19.3 Å². The van der Waals surface area contributed by atoms with Gasteiger partial charge in [-0.2, -0.15) is 0 Å². The zero-order valence-corrected chi connectivity index (χ0v) is 15.8. The lowest BCUT2D eigenvalue weighted by molar-refractivity contribution is -0.123. The molecule has 3 atom stereocenters. The van der Waals surface area contributed by atoms with Crippen molar-refractivity contribution in [1.29, 1.82) is 0 Å². The third-order valence-electron chi connectivity index (χ3n) is 6.61. The summed E-state index contributed by atoms with van der Waals surface area (Å²) in [6.07, 6.45) is 11.0. The SMILES string of the molecule is O=C(CC1CCCC1)NC1C[C@H]2CCC[C@@H](C1)N2Cc1cc(=O)[nH]c(=O)[nH]1. The number of nitrogens with one attached hydrogen (secondary N) is 3. The minimum Gasteiger partial charge on any atom is -0.353 e.